The first-order valence-corrected chi connectivity index (χ1v) is 6.36. The van der Waals surface area contributed by atoms with E-state index in [-0.39, 0.29) is 5.69 Å². The average Bonchev–Trinajstić information content (AvgIpc) is 3.01. The lowest BCUT2D eigenvalue weighted by Gasteiger charge is -1.96. The van der Waals surface area contributed by atoms with Gasteiger partial charge in [-0.15, -0.1) is 0 Å². The van der Waals surface area contributed by atoms with Gasteiger partial charge in [0.2, 0.25) is 5.89 Å². The largest absolute Gasteiger partial charge is 0.339 e. The van der Waals surface area contributed by atoms with Crippen LogP contribution in [0.4, 0.5) is 0 Å². The summed E-state index contributed by atoms with van der Waals surface area (Å²) in [6.07, 6.45) is 7.59. The van der Waals surface area contributed by atoms with Crippen molar-refractivity contribution in [3.63, 3.8) is 0 Å². The van der Waals surface area contributed by atoms with Gasteiger partial charge >= 0.3 is 5.69 Å². The zero-order valence-corrected chi connectivity index (χ0v) is 10.4. The SMILES string of the molecule is CCCc1nc(Cn2ccn(C3CC3)c2=O)no1. The molecule has 0 bridgehead atoms. The molecule has 6 heteroatoms. The summed E-state index contributed by atoms with van der Waals surface area (Å²) in [5, 5.41) is 3.89. The van der Waals surface area contributed by atoms with Crippen LogP contribution in [0.1, 0.15) is 43.9 Å². The maximum absolute atomic E-state index is 12.0. The summed E-state index contributed by atoms with van der Waals surface area (Å²) in [7, 11) is 0. The Morgan fingerprint density at radius 3 is 3.00 bits per heavy atom. The van der Waals surface area contributed by atoms with Crippen LogP contribution in [0.15, 0.2) is 21.7 Å². The van der Waals surface area contributed by atoms with Gasteiger partial charge in [0.05, 0.1) is 6.54 Å². The van der Waals surface area contributed by atoms with Gasteiger partial charge in [-0.1, -0.05) is 12.1 Å². The van der Waals surface area contributed by atoms with Crippen molar-refractivity contribution in [2.75, 3.05) is 0 Å². The van der Waals surface area contributed by atoms with Crippen molar-refractivity contribution in [1.82, 2.24) is 19.3 Å². The number of imidazole rings is 1. The highest BCUT2D eigenvalue weighted by Crippen LogP contribution is 2.33. The molecule has 2 heterocycles. The fourth-order valence-electron chi connectivity index (χ4n) is 2.00. The molecule has 1 aliphatic carbocycles. The molecule has 0 saturated heterocycles. The third-order valence-corrected chi connectivity index (χ3v) is 3.10. The normalized spacial score (nSPS) is 15.2. The van der Waals surface area contributed by atoms with Crippen molar-refractivity contribution < 1.29 is 4.52 Å². The van der Waals surface area contributed by atoms with Gasteiger partial charge in [0, 0.05) is 24.9 Å². The molecule has 1 aliphatic rings. The van der Waals surface area contributed by atoms with Crippen LogP contribution in [0.5, 0.6) is 0 Å². The molecule has 96 valence electrons. The van der Waals surface area contributed by atoms with Gasteiger partial charge < -0.3 is 4.52 Å². The smallest absolute Gasteiger partial charge is 0.328 e. The summed E-state index contributed by atoms with van der Waals surface area (Å²) < 4.78 is 8.51. The van der Waals surface area contributed by atoms with Crippen molar-refractivity contribution in [2.24, 2.45) is 0 Å². The quantitative estimate of drug-likeness (QED) is 0.801. The highest BCUT2D eigenvalue weighted by Gasteiger charge is 2.25. The number of nitrogens with zero attached hydrogens (tertiary/aromatic N) is 4. The Bertz CT molecular complexity index is 591. The van der Waals surface area contributed by atoms with Crippen LogP contribution in [-0.4, -0.2) is 19.3 Å². The van der Waals surface area contributed by atoms with E-state index in [1.54, 1.807) is 15.3 Å². The van der Waals surface area contributed by atoms with E-state index in [1.807, 2.05) is 6.20 Å². The topological polar surface area (TPSA) is 65.8 Å². The van der Waals surface area contributed by atoms with E-state index >= 15 is 0 Å². The fourth-order valence-corrected chi connectivity index (χ4v) is 2.00. The first kappa shape index (κ1) is 11.3. The Balaban J connectivity index is 1.76. The van der Waals surface area contributed by atoms with Crippen LogP contribution in [0.3, 0.4) is 0 Å². The molecule has 0 radical (unpaired) electrons. The van der Waals surface area contributed by atoms with Crippen LogP contribution in [-0.2, 0) is 13.0 Å². The second-order valence-corrected chi connectivity index (χ2v) is 4.70. The first-order chi connectivity index (χ1) is 8.78. The van der Waals surface area contributed by atoms with Gasteiger partial charge in [-0.25, -0.2) is 4.79 Å². The summed E-state index contributed by atoms with van der Waals surface area (Å²) >= 11 is 0. The minimum Gasteiger partial charge on any atom is -0.339 e. The average molecular weight is 248 g/mol. The van der Waals surface area contributed by atoms with Gasteiger partial charge in [0.1, 0.15) is 0 Å². The van der Waals surface area contributed by atoms with Crippen LogP contribution >= 0.6 is 0 Å². The molecule has 0 N–H and O–H groups in total. The molecule has 0 spiro atoms. The van der Waals surface area contributed by atoms with Crippen molar-refractivity contribution >= 4 is 0 Å². The first-order valence-electron chi connectivity index (χ1n) is 6.36. The predicted molar refractivity (Wildman–Crippen MR) is 64.4 cm³/mol. The fraction of sp³-hybridized carbons (Fsp3) is 0.583. The van der Waals surface area contributed by atoms with Crippen molar-refractivity contribution in [2.45, 2.75) is 45.2 Å². The van der Waals surface area contributed by atoms with Gasteiger partial charge in [0.15, 0.2) is 5.82 Å². The highest BCUT2D eigenvalue weighted by molar-refractivity contribution is 4.95. The van der Waals surface area contributed by atoms with Gasteiger partial charge in [-0.05, 0) is 19.3 Å². The zero-order chi connectivity index (χ0) is 12.5. The van der Waals surface area contributed by atoms with E-state index in [9.17, 15) is 4.79 Å². The molecule has 0 atom stereocenters. The number of aromatic nitrogens is 4. The molecule has 6 nitrogen and oxygen atoms in total. The standard InChI is InChI=1S/C12H16N4O2/c1-2-3-11-13-10(14-18-11)8-15-6-7-16(12(15)17)9-4-5-9/h6-7,9H,2-5,8H2,1H3. The Kier molecular flexibility index (Phi) is 2.77. The Morgan fingerprint density at radius 1 is 1.44 bits per heavy atom. The third-order valence-electron chi connectivity index (χ3n) is 3.10. The molecule has 0 aromatic carbocycles. The molecule has 1 fully saturated rings. The van der Waals surface area contributed by atoms with Crippen molar-refractivity contribution in [1.29, 1.82) is 0 Å². The van der Waals surface area contributed by atoms with Gasteiger partial charge in [0.25, 0.3) is 0 Å². The molecule has 0 amide bonds. The molecule has 2 aromatic heterocycles. The highest BCUT2D eigenvalue weighted by atomic mass is 16.5. The Labute approximate surface area is 104 Å². The van der Waals surface area contributed by atoms with E-state index in [2.05, 4.69) is 17.1 Å². The molecule has 0 unspecified atom stereocenters. The van der Waals surface area contributed by atoms with Crippen LogP contribution in [0.25, 0.3) is 0 Å². The van der Waals surface area contributed by atoms with E-state index in [4.69, 9.17) is 4.52 Å². The molecule has 0 aliphatic heterocycles. The maximum Gasteiger partial charge on any atom is 0.328 e. The van der Waals surface area contributed by atoms with E-state index < -0.39 is 0 Å². The van der Waals surface area contributed by atoms with Crippen LogP contribution in [0.2, 0.25) is 0 Å². The monoisotopic (exact) mass is 248 g/mol. The second-order valence-electron chi connectivity index (χ2n) is 4.70. The lowest BCUT2D eigenvalue weighted by atomic mass is 10.3. The van der Waals surface area contributed by atoms with E-state index in [1.165, 1.54) is 0 Å². The number of hydrogen-bond acceptors (Lipinski definition) is 4. The Morgan fingerprint density at radius 2 is 2.28 bits per heavy atom. The maximum atomic E-state index is 12.0. The van der Waals surface area contributed by atoms with E-state index in [0.29, 0.717) is 24.3 Å². The van der Waals surface area contributed by atoms with Gasteiger partial charge in [-0.2, -0.15) is 4.98 Å². The predicted octanol–water partition coefficient (Wildman–Crippen LogP) is 1.37. The zero-order valence-electron chi connectivity index (χ0n) is 10.4. The van der Waals surface area contributed by atoms with E-state index in [0.717, 1.165) is 25.7 Å². The second kappa shape index (κ2) is 4.44. The van der Waals surface area contributed by atoms with Crippen molar-refractivity contribution in [3.05, 3.63) is 34.6 Å². The minimum absolute atomic E-state index is 0.0133. The molecular weight excluding hydrogens is 232 g/mol. The summed E-state index contributed by atoms with van der Waals surface area (Å²) in [4.78, 5) is 16.3. The Hall–Kier alpha value is -1.85. The summed E-state index contributed by atoms with van der Waals surface area (Å²) in [5.74, 6) is 1.20. The molecule has 1 saturated carbocycles. The molecule has 2 aromatic rings. The summed E-state index contributed by atoms with van der Waals surface area (Å²) in [6, 6.07) is 0.402. The molecule has 3 rings (SSSR count). The van der Waals surface area contributed by atoms with Gasteiger partial charge in [-0.3, -0.25) is 9.13 Å². The molecule has 18 heavy (non-hydrogen) atoms. The molecular formula is C12H16N4O2. The van der Waals surface area contributed by atoms with Crippen LogP contribution in [0, 0.1) is 0 Å². The summed E-state index contributed by atoms with van der Waals surface area (Å²) in [6.45, 7) is 2.44. The number of aryl methyl sites for hydroxylation is 1. The third kappa shape index (κ3) is 2.10. The lowest BCUT2D eigenvalue weighted by Crippen LogP contribution is -2.24. The number of hydrogen-bond donors (Lipinski definition) is 0. The lowest BCUT2D eigenvalue weighted by molar-refractivity contribution is 0.371. The number of rotatable bonds is 5. The van der Waals surface area contributed by atoms with Crippen molar-refractivity contribution in [3.8, 4) is 0 Å². The minimum atomic E-state index is 0.0133. The summed E-state index contributed by atoms with van der Waals surface area (Å²) in [5.41, 5.74) is 0.0133. The van der Waals surface area contributed by atoms with Crippen LogP contribution < -0.4 is 5.69 Å².